The Bertz CT molecular complexity index is 285. The third-order valence-corrected chi connectivity index (χ3v) is 3.19. The van der Waals surface area contributed by atoms with Crippen LogP contribution in [0, 0.1) is 5.92 Å². The number of aliphatic imine (C=N–C) groups is 1. The van der Waals surface area contributed by atoms with E-state index >= 15 is 0 Å². The van der Waals surface area contributed by atoms with Gasteiger partial charge in [0, 0.05) is 51.8 Å². The first kappa shape index (κ1) is 19.9. The fourth-order valence-corrected chi connectivity index (χ4v) is 2.20. The zero-order valence-corrected chi connectivity index (χ0v) is 15.9. The normalized spacial score (nSPS) is 19.6. The molecule has 1 saturated heterocycles. The molecule has 0 radical (unpaired) electrons. The molecule has 1 atom stereocenters. The molecule has 1 heterocycles. The molecule has 1 aliphatic rings. The van der Waals surface area contributed by atoms with E-state index in [4.69, 9.17) is 4.74 Å². The van der Waals surface area contributed by atoms with E-state index in [0.29, 0.717) is 5.92 Å². The lowest BCUT2D eigenvalue weighted by molar-refractivity contribution is 0.181. The number of rotatable bonds is 5. The average Bonchev–Trinajstić information content (AvgIpc) is 2.80. The van der Waals surface area contributed by atoms with Gasteiger partial charge in [0.15, 0.2) is 5.96 Å². The summed E-state index contributed by atoms with van der Waals surface area (Å²) in [5.74, 6) is 1.60. The van der Waals surface area contributed by atoms with Crippen molar-refractivity contribution >= 4 is 29.9 Å². The fraction of sp³-hybridized carbons (Fsp3) is 0.929. The van der Waals surface area contributed by atoms with E-state index in [0.717, 1.165) is 45.2 Å². The van der Waals surface area contributed by atoms with Gasteiger partial charge in [0.1, 0.15) is 0 Å². The monoisotopic (exact) mass is 398 g/mol. The molecule has 0 aromatic carbocycles. The van der Waals surface area contributed by atoms with E-state index < -0.39 is 0 Å². The lowest BCUT2D eigenvalue weighted by Crippen LogP contribution is -2.46. The van der Waals surface area contributed by atoms with Gasteiger partial charge in [-0.1, -0.05) is 0 Å². The zero-order valence-electron chi connectivity index (χ0n) is 13.5. The van der Waals surface area contributed by atoms with Crippen LogP contribution in [0.1, 0.15) is 27.2 Å². The van der Waals surface area contributed by atoms with E-state index in [-0.39, 0.29) is 29.5 Å². The van der Waals surface area contributed by atoms with E-state index in [1.54, 1.807) is 0 Å². The number of guanidine groups is 1. The zero-order chi connectivity index (χ0) is 14.3. The van der Waals surface area contributed by atoms with Crippen molar-refractivity contribution in [1.82, 2.24) is 15.5 Å². The lowest BCUT2D eigenvalue weighted by atomic mass is 10.1. The second-order valence-electron chi connectivity index (χ2n) is 6.26. The van der Waals surface area contributed by atoms with Crippen molar-refractivity contribution in [2.45, 2.75) is 32.7 Å². The second kappa shape index (κ2) is 9.78. The summed E-state index contributed by atoms with van der Waals surface area (Å²) in [6, 6.07) is 0. The predicted octanol–water partition coefficient (Wildman–Crippen LogP) is 1.54. The summed E-state index contributed by atoms with van der Waals surface area (Å²) < 4.78 is 5.41. The number of halogens is 1. The largest absolute Gasteiger partial charge is 0.381 e. The number of nitrogens with zero attached hydrogens (tertiary/aromatic N) is 2. The molecule has 1 unspecified atom stereocenters. The third-order valence-electron chi connectivity index (χ3n) is 3.19. The van der Waals surface area contributed by atoms with Crippen molar-refractivity contribution in [3.05, 3.63) is 0 Å². The maximum Gasteiger partial charge on any atom is 0.193 e. The van der Waals surface area contributed by atoms with Crippen LogP contribution in [-0.4, -0.2) is 63.3 Å². The molecule has 0 saturated carbocycles. The number of nitrogens with one attached hydrogen (secondary N) is 2. The summed E-state index contributed by atoms with van der Waals surface area (Å²) >= 11 is 0. The van der Waals surface area contributed by atoms with Crippen LogP contribution in [0.5, 0.6) is 0 Å². The Hall–Kier alpha value is -0.0800. The molecule has 0 aromatic heterocycles. The van der Waals surface area contributed by atoms with Gasteiger partial charge in [0.25, 0.3) is 0 Å². The van der Waals surface area contributed by atoms with Gasteiger partial charge in [0.2, 0.25) is 0 Å². The van der Waals surface area contributed by atoms with Crippen LogP contribution < -0.4 is 10.6 Å². The molecular weight excluding hydrogens is 367 g/mol. The van der Waals surface area contributed by atoms with Gasteiger partial charge in [0.05, 0.1) is 6.61 Å². The van der Waals surface area contributed by atoms with Gasteiger partial charge in [-0.3, -0.25) is 4.99 Å². The molecule has 5 nitrogen and oxygen atoms in total. The van der Waals surface area contributed by atoms with E-state index in [1.807, 2.05) is 7.05 Å². The Labute approximate surface area is 140 Å². The molecule has 0 spiro atoms. The van der Waals surface area contributed by atoms with Crippen LogP contribution in [0.4, 0.5) is 0 Å². The topological polar surface area (TPSA) is 48.9 Å². The molecule has 2 N–H and O–H groups in total. The van der Waals surface area contributed by atoms with Crippen molar-refractivity contribution in [1.29, 1.82) is 0 Å². The Morgan fingerprint density at radius 1 is 1.35 bits per heavy atom. The Morgan fingerprint density at radius 3 is 2.55 bits per heavy atom. The summed E-state index contributed by atoms with van der Waals surface area (Å²) in [7, 11) is 3.92. The summed E-state index contributed by atoms with van der Waals surface area (Å²) in [4.78, 5) is 6.52. The average molecular weight is 398 g/mol. The van der Waals surface area contributed by atoms with Gasteiger partial charge in [-0.2, -0.15) is 0 Å². The third kappa shape index (κ3) is 8.26. The van der Waals surface area contributed by atoms with Crippen molar-refractivity contribution in [2.24, 2.45) is 10.9 Å². The van der Waals surface area contributed by atoms with Crippen LogP contribution in [-0.2, 0) is 4.74 Å². The van der Waals surface area contributed by atoms with Gasteiger partial charge in [-0.15, -0.1) is 24.0 Å². The maximum absolute atomic E-state index is 5.41. The highest BCUT2D eigenvalue weighted by Crippen LogP contribution is 2.13. The van der Waals surface area contributed by atoms with Crippen molar-refractivity contribution < 1.29 is 4.74 Å². The SMILES string of the molecule is CN=C(NCCNC(C)(C)C)N(C)CC1CCOC1.I. The van der Waals surface area contributed by atoms with E-state index in [9.17, 15) is 0 Å². The lowest BCUT2D eigenvalue weighted by Gasteiger charge is -2.25. The molecule has 20 heavy (non-hydrogen) atoms. The van der Waals surface area contributed by atoms with Gasteiger partial charge >= 0.3 is 0 Å². The van der Waals surface area contributed by atoms with Gasteiger partial charge < -0.3 is 20.3 Å². The molecule has 0 amide bonds. The molecule has 0 bridgehead atoms. The molecule has 1 fully saturated rings. The molecule has 1 rings (SSSR count). The molecule has 6 heteroatoms. The first-order valence-corrected chi connectivity index (χ1v) is 7.17. The maximum atomic E-state index is 5.41. The molecular formula is C14H31IN4O. The second-order valence-corrected chi connectivity index (χ2v) is 6.26. The Kier molecular flexibility index (Phi) is 9.74. The van der Waals surface area contributed by atoms with Crippen LogP contribution >= 0.6 is 24.0 Å². The minimum atomic E-state index is 0. The van der Waals surface area contributed by atoms with Crippen LogP contribution in [0.2, 0.25) is 0 Å². The minimum absolute atomic E-state index is 0. The van der Waals surface area contributed by atoms with Gasteiger partial charge in [-0.05, 0) is 27.2 Å². The van der Waals surface area contributed by atoms with Crippen molar-refractivity contribution in [3.8, 4) is 0 Å². The smallest absolute Gasteiger partial charge is 0.193 e. The summed E-state index contributed by atoms with van der Waals surface area (Å²) in [5, 5.41) is 6.85. The standard InChI is InChI=1S/C14H30N4O.HI/c1-14(2,3)17-8-7-16-13(15-4)18(5)10-12-6-9-19-11-12;/h12,17H,6-11H2,1-5H3,(H,15,16);1H. The highest BCUT2D eigenvalue weighted by atomic mass is 127. The van der Waals surface area contributed by atoms with Crippen molar-refractivity contribution in [3.63, 3.8) is 0 Å². The Balaban J connectivity index is 0.00000361. The molecule has 0 aromatic rings. The van der Waals surface area contributed by atoms with Gasteiger partial charge in [-0.25, -0.2) is 0 Å². The first-order valence-electron chi connectivity index (χ1n) is 7.17. The first-order chi connectivity index (χ1) is 8.92. The minimum Gasteiger partial charge on any atom is -0.381 e. The highest BCUT2D eigenvalue weighted by Gasteiger charge is 2.18. The molecule has 1 aliphatic heterocycles. The number of hydrogen-bond acceptors (Lipinski definition) is 3. The van der Waals surface area contributed by atoms with E-state index in [2.05, 4.69) is 48.3 Å². The Morgan fingerprint density at radius 2 is 2.05 bits per heavy atom. The number of hydrogen-bond donors (Lipinski definition) is 2. The highest BCUT2D eigenvalue weighted by molar-refractivity contribution is 14.0. The summed E-state index contributed by atoms with van der Waals surface area (Å²) in [5.41, 5.74) is 0.165. The quantitative estimate of drug-likeness (QED) is 0.319. The summed E-state index contributed by atoms with van der Waals surface area (Å²) in [6.07, 6.45) is 1.16. The van der Waals surface area contributed by atoms with Crippen molar-refractivity contribution in [2.75, 3.05) is 46.9 Å². The molecule has 120 valence electrons. The fourth-order valence-electron chi connectivity index (χ4n) is 2.20. The molecule has 0 aliphatic carbocycles. The predicted molar refractivity (Wildman–Crippen MR) is 96.1 cm³/mol. The number of ether oxygens (including phenoxy) is 1. The van der Waals surface area contributed by atoms with Crippen LogP contribution in [0.15, 0.2) is 4.99 Å². The van der Waals surface area contributed by atoms with Crippen LogP contribution in [0.25, 0.3) is 0 Å². The van der Waals surface area contributed by atoms with E-state index in [1.165, 1.54) is 0 Å². The summed E-state index contributed by atoms with van der Waals surface area (Å²) in [6.45, 7) is 11.1. The van der Waals surface area contributed by atoms with Crippen LogP contribution in [0.3, 0.4) is 0 Å².